The summed E-state index contributed by atoms with van der Waals surface area (Å²) in [5.41, 5.74) is 0.620. The monoisotopic (exact) mass is 348 g/mol. The van der Waals surface area contributed by atoms with E-state index in [9.17, 15) is 9.90 Å². The maximum Gasteiger partial charge on any atom is 0.254 e. The Kier molecular flexibility index (Phi) is 6.48. The third-order valence-electron chi connectivity index (χ3n) is 5.77. The summed E-state index contributed by atoms with van der Waals surface area (Å²) >= 11 is 0. The number of hydrogen-bond donors (Lipinski definition) is 2. The predicted molar refractivity (Wildman–Crippen MR) is 97.3 cm³/mol. The largest absolute Gasteiger partial charge is 0.392 e. The van der Waals surface area contributed by atoms with Crippen molar-refractivity contribution >= 4 is 5.91 Å². The van der Waals surface area contributed by atoms with Crippen molar-refractivity contribution in [1.82, 2.24) is 20.0 Å². The highest BCUT2D eigenvalue weighted by Gasteiger charge is 2.24. The molecule has 6 heteroatoms. The number of amides is 1. The van der Waals surface area contributed by atoms with Gasteiger partial charge in [0.25, 0.3) is 5.91 Å². The molecule has 3 rings (SSSR count). The first-order chi connectivity index (χ1) is 12.1. The minimum Gasteiger partial charge on any atom is -0.392 e. The van der Waals surface area contributed by atoms with E-state index >= 15 is 0 Å². The Bertz CT molecular complexity index is 545. The van der Waals surface area contributed by atoms with Crippen molar-refractivity contribution in [1.29, 1.82) is 0 Å². The van der Waals surface area contributed by atoms with Gasteiger partial charge in [0.15, 0.2) is 0 Å². The lowest BCUT2D eigenvalue weighted by Crippen LogP contribution is -2.42. The van der Waals surface area contributed by atoms with E-state index in [1.165, 1.54) is 25.7 Å². The van der Waals surface area contributed by atoms with E-state index in [0.29, 0.717) is 11.5 Å². The molecule has 6 nitrogen and oxygen atoms in total. The predicted octanol–water partition coefficient (Wildman–Crippen LogP) is 1.80. The molecule has 2 fully saturated rings. The van der Waals surface area contributed by atoms with Crippen molar-refractivity contribution in [2.75, 3.05) is 26.2 Å². The van der Waals surface area contributed by atoms with Crippen LogP contribution in [0.2, 0.25) is 0 Å². The highest BCUT2D eigenvalue weighted by Crippen LogP contribution is 2.29. The molecule has 0 spiro atoms. The second-order valence-electron chi connectivity index (χ2n) is 7.90. The normalized spacial score (nSPS) is 21.5. The standard InChI is InChI=1S/C19H32N4O2/c1-22-13-17(12-21-22)19(25)20-11-16-6-8-23(9-7-16)14-18(24)10-15-4-2-3-5-15/h12-13,15-16,18,24H,2-11,14H2,1H3,(H,20,25). The van der Waals surface area contributed by atoms with Gasteiger partial charge in [0, 0.05) is 26.3 Å². The summed E-state index contributed by atoms with van der Waals surface area (Å²) < 4.78 is 1.64. The van der Waals surface area contributed by atoms with Crippen LogP contribution in [0.15, 0.2) is 12.4 Å². The van der Waals surface area contributed by atoms with Crippen LogP contribution in [0.25, 0.3) is 0 Å². The molecule has 1 saturated heterocycles. The van der Waals surface area contributed by atoms with Crippen LogP contribution in [0, 0.1) is 11.8 Å². The molecule has 2 heterocycles. The van der Waals surface area contributed by atoms with Crippen molar-refractivity contribution in [3.8, 4) is 0 Å². The van der Waals surface area contributed by atoms with Gasteiger partial charge >= 0.3 is 0 Å². The molecule has 25 heavy (non-hydrogen) atoms. The third kappa shape index (κ3) is 5.54. The lowest BCUT2D eigenvalue weighted by molar-refractivity contribution is 0.0721. The summed E-state index contributed by atoms with van der Waals surface area (Å²) in [5.74, 6) is 1.24. The fourth-order valence-corrected chi connectivity index (χ4v) is 4.25. The topological polar surface area (TPSA) is 70.4 Å². The van der Waals surface area contributed by atoms with Crippen LogP contribution >= 0.6 is 0 Å². The van der Waals surface area contributed by atoms with Crippen molar-refractivity contribution in [2.45, 2.75) is 51.0 Å². The third-order valence-corrected chi connectivity index (χ3v) is 5.77. The number of rotatable bonds is 7. The maximum absolute atomic E-state index is 12.1. The Morgan fingerprint density at radius 1 is 1.28 bits per heavy atom. The zero-order valence-electron chi connectivity index (χ0n) is 15.4. The molecule has 2 N–H and O–H groups in total. The van der Waals surface area contributed by atoms with Crippen LogP contribution in [0.3, 0.4) is 0 Å². The zero-order chi connectivity index (χ0) is 17.6. The first-order valence-corrected chi connectivity index (χ1v) is 9.77. The molecule has 1 aliphatic carbocycles. The fourth-order valence-electron chi connectivity index (χ4n) is 4.25. The van der Waals surface area contributed by atoms with Crippen molar-refractivity contribution in [3.63, 3.8) is 0 Å². The zero-order valence-corrected chi connectivity index (χ0v) is 15.4. The molecular weight excluding hydrogens is 316 g/mol. The highest BCUT2D eigenvalue weighted by molar-refractivity contribution is 5.93. The number of piperidine rings is 1. The Labute approximate surface area is 150 Å². The van der Waals surface area contributed by atoms with Crippen LogP contribution in [-0.2, 0) is 7.05 Å². The minimum atomic E-state index is -0.176. The van der Waals surface area contributed by atoms with E-state index in [-0.39, 0.29) is 12.0 Å². The van der Waals surface area contributed by atoms with Crippen LogP contribution in [0.1, 0.15) is 55.3 Å². The van der Waals surface area contributed by atoms with Gasteiger partial charge in [0.2, 0.25) is 0 Å². The van der Waals surface area contributed by atoms with Gasteiger partial charge in [0.05, 0.1) is 17.9 Å². The van der Waals surface area contributed by atoms with Gasteiger partial charge in [-0.1, -0.05) is 25.7 Å². The number of aliphatic hydroxyl groups is 1. The van der Waals surface area contributed by atoms with Gasteiger partial charge in [-0.15, -0.1) is 0 Å². The molecule has 2 aliphatic rings. The highest BCUT2D eigenvalue weighted by atomic mass is 16.3. The lowest BCUT2D eigenvalue weighted by Gasteiger charge is -2.33. The number of aromatic nitrogens is 2. The Balaban J connectivity index is 1.32. The summed E-state index contributed by atoms with van der Waals surface area (Å²) in [7, 11) is 1.81. The van der Waals surface area contributed by atoms with Crippen molar-refractivity contribution < 1.29 is 9.90 Å². The number of carbonyl (C=O) groups is 1. The van der Waals surface area contributed by atoms with Crippen molar-refractivity contribution in [2.24, 2.45) is 18.9 Å². The average Bonchev–Trinajstić information content (AvgIpc) is 3.25. The first kappa shape index (κ1) is 18.4. The summed E-state index contributed by atoms with van der Waals surface area (Å²) in [5, 5.41) is 17.4. The van der Waals surface area contributed by atoms with Gasteiger partial charge in [0.1, 0.15) is 0 Å². The van der Waals surface area contributed by atoms with E-state index in [1.807, 2.05) is 7.05 Å². The molecule has 1 amide bonds. The molecule has 0 aromatic carbocycles. The van der Waals surface area contributed by atoms with Crippen LogP contribution in [0.5, 0.6) is 0 Å². The van der Waals surface area contributed by atoms with Gasteiger partial charge in [-0.2, -0.15) is 5.10 Å². The van der Waals surface area contributed by atoms with E-state index in [4.69, 9.17) is 0 Å². The smallest absolute Gasteiger partial charge is 0.254 e. The quantitative estimate of drug-likeness (QED) is 0.788. The van der Waals surface area contributed by atoms with Gasteiger partial charge in [-0.3, -0.25) is 9.48 Å². The molecule has 1 aromatic rings. The van der Waals surface area contributed by atoms with E-state index in [0.717, 1.165) is 51.4 Å². The molecule has 1 aromatic heterocycles. The number of hydrogen-bond acceptors (Lipinski definition) is 4. The second kappa shape index (κ2) is 8.81. The number of carbonyl (C=O) groups excluding carboxylic acids is 1. The second-order valence-corrected chi connectivity index (χ2v) is 7.90. The molecule has 1 unspecified atom stereocenters. The first-order valence-electron chi connectivity index (χ1n) is 9.77. The molecule has 140 valence electrons. The van der Waals surface area contributed by atoms with Gasteiger partial charge in [-0.05, 0) is 44.2 Å². The molecule has 1 aliphatic heterocycles. The molecule has 1 saturated carbocycles. The Hall–Kier alpha value is -1.40. The Morgan fingerprint density at radius 3 is 2.64 bits per heavy atom. The minimum absolute atomic E-state index is 0.0393. The number of nitrogens with one attached hydrogen (secondary N) is 1. The number of likely N-dealkylation sites (tertiary alicyclic amines) is 1. The van der Waals surface area contributed by atoms with E-state index in [1.54, 1.807) is 17.1 Å². The number of aliphatic hydroxyl groups excluding tert-OH is 1. The fraction of sp³-hybridized carbons (Fsp3) is 0.789. The van der Waals surface area contributed by atoms with Gasteiger partial charge < -0.3 is 15.3 Å². The Morgan fingerprint density at radius 2 is 2.00 bits per heavy atom. The average molecular weight is 348 g/mol. The number of aryl methyl sites for hydroxylation is 1. The van der Waals surface area contributed by atoms with E-state index in [2.05, 4.69) is 15.3 Å². The summed E-state index contributed by atoms with van der Waals surface area (Å²) in [4.78, 5) is 14.5. The van der Waals surface area contributed by atoms with Crippen LogP contribution in [0.4, 0.5) is 0 Å². The lowest BCUT2D eigenvalue weighted by atomic mass is 9.95. The molecular formula is C19H32N4O2. The van der Waals surface area contributed by atoms with Crippen molar-refractivity contribution in [3.05, 3.63) is 18.0 Å². The number of nitrogens with zero attached hydrogens (tertiary/aromatic N) is 3. The maximum atomic E-state index is 12.1. The summed E-state index contributed by atoms with van der Waals surface area (Å²) in [6.45, 7) is 3.59. The van der Waals surface area contributed by atoms with Crippen LogP contribution < -0.4 is 5.32 Å². The van der Waals surface area contributed by atoms with Crippen LogP contribution in [-0.4, -0.2) is 58.0 Å². The molecule has 0 bridgehead atoms. The summed E-state index contributed by atoms with van der Waals surface area (Å²) in [6.07, 6.45) is 11.6. The van der Waals surface area contributed by atoms with E-state index < -0.39 is 0 Å². The SMILES string of the molecule is Cn1cc(C(=O)NCC2CCN(CC(O)CC3CCCC3)CC2)cn1. The molecule has 1 atom stereocenters. The number of β-amino-alcohol motifs (C(OH)–C–C–N with tert-alkyl or cyclic N) is 1. The summed E-state index contributed by atoms with van der Waals surface area (Å²) in [6, 6.07) is 0. The molecule has 0 radical (unpaired) electrons. The van der Waals surface area contributed by atoms with Gasteiger partial charge in [-0.25, -0.2) is 0 Å².